The second kappa shape index (κ2) is 10.8. The SMILES string of the molecule is Cc1ccc(-c2cccc(CCCOc3ccc(S(=O)(=O)C4(C(N)=O)CCOCC4)cc3)c2)cc1C. The van der Waals surface area contributed by atoms with Gasteiger partial charge in [-0.3, -0.25) is 4.79 Å². The molecule has 1 aliphatic heterocycles. The van der Waals surface area contributed by atoms with Crippen LogP contribution in [0.4, 0.5) is 0 Å². The summed E-state index contributed by atoms with van der Waals surface area (Å²) < 4.78 is 36.0. The molecular formula is C29H33NO5S. The van der Waals surface area contributed by atoms with Crippen molar-refractivity contribution < 1.29 is 22.7 Å². The van der Waals surface area contributed by atoms with Crippen molar-refractivity contribution in [2.75, 3.05) is 19.8 Å². The quantitative estimate of drug-likeness (QED) is 0.420. The molecule has 0 unspecified atom stereocenters. The third-order valence-electron chi connectivity index (χ3n) is 7.04. The molecule has 7 heteroatoms. The fraction of sp³-hybridized carbons (Fsp3) is 0.345. The first-order chi connectivity index (χ1) is 17.2. The van der Waals surface area contributed by atoms with Crippen molar-refractivity contribution >= 4 is 15.7 Å². The maximum absolute atomic E-state index is 13.2. The number of hydrogen-bond acceptors (Lipinski definition) is 5. The molecule has 1 aliphatic rings. The Kier molecular flexibility index (Phi) is 7.81. The van der Waals surface area contributed by atoms with Crippen LogP contribution >= 0.6 is 0 Å². The summed E-state index contributed by atoms with van der Waals surface area (Å²) in [4.78, 5) is 12.2. The van der Waals surface area contributed by atoms with E-state index in [2.05, 4.69) is 56.3 Å². The fourth-order valence-electron chi connectivity index (χ4n) is 4.58. The van der Waals surface area contributed by atoms with Gasteiger partial charge in [0.05, 0.1) is 11.5 Å². The summed E-state index contributed by atoms with van der Waals surface area (Å²) >= 11 is 0. The highest BCUT2D eigenvalue weighted by molar-refractivity contribution is 7.93. The molecule has 1 fully saturated rings. The second-order valence-electron chi connectivity index (χ2n) is 9.40. The molecule has 6 nitrogen and oxygen atoms in total. The van der Waals surface area contributed by atoms with E-state index < -0.39 is 20.5 Å². The van der Waals surface area contributed by atoms with Crippen molar-refractivity contribution in [3.05, 3.63) is 83.4 Å². The van der Waals surface area contributed by atoms with Gasteiger partial charge in [0, 0.05) is 13.2 Å². The van der Waals surface area contributed by atoms with Gasteiger partial charge in [0.25, 0.3) is 0 Å². The van der Waals surface area contributed by atoms with Crippen molar-refractivity contribution in [1.82, 2.24) is 0 Å². The van der Waals surface area contributed by atoms with Crippen molar-refractivity contribution in [3.8, 4) is 16.9 Å². The zero-order chi connectivity index (χ0) is 25.8. The first-order valence-corrected chi connectivity index (χ1v) is 13.7. The highest BCUT2D eigenvalue weighted by atomic mass is 32.2. The Morgan fingerprint density at radius 2 is 1.64 bits per heavy atom. The molecule has 0 aliphatic carbocycles. The van der Waals surface area contributed by atoms with Gasteiger partial charge in [-0.1, -0.05) is 42.5 Å². The minimum Gasteiger partial charge on any atom is -0.494 e. The molecule has 4 rings (SSSR count). The third-order valence-corrected chi connectivity index (χ3v) is 9.57. The van der Waals surface area contributed by atoms with Crippen molar-refractivity contribution in [2.45, 2.75) is 49.2 Å². The largest absolute Gasteiger partial charge is 0.494 e. The molecule has 36 heavy (non-hydrogen) atoms. The highest BCUT2D eigenvalue weighted by Gasteiger charge is 2.51. The van der Waals surface area contributed by atoms with E-state index in [1.54, 1.807) is 12.1 Å². The molecule has 2 N–H and O–H groups in total. The zero-order valence-corrected chi connectivity index (χ0v) is 21.6. The van der Waals surface area contributed by atoms with Crippen molar-refractivity contribution in [3.63, 3.8) is 0 Å². The van der Waals surface area contributed by atoms with Gasteiger partial charge in [-0.15, -0.1) is 0 Å². The van der Waals surface area contributed by atoms with Gasteiger partial charge < -0.3 is 15.2 Å². The molecule has 3 aromatic rings. The smallest absolute Gasteiger partial charge is 0.239 e. The number of carbonyl (C=O) groups excluding carboxylic acids is 1. The first kappa shape index (κ1) is 25.9. The van der Waals surface area contributed by atoms with Crippen LogP contribution in [0.2, 0.25) is 0 Å². The lowest BCUT2D eigenvalue weighted by Gasteiger charge is -2.33. The topological polar surface area (TPSA) is 95.7 Å². The van der Waals surface area contributed by atoms with Gasteiger partial charge in [-0.25, -0.2) is 8.42 Å². The fourth-order valence-corrected chi connectivity index (χ4v) is 6.50. The summed E-state index contributed by atoms with van der Waals surface area (Å²) in [6.07, 6.45) is 1.82. The number of hydrogen-bond donors (Lipinski definition) is 1. The molecule has 0 radical (unpaired) electrons. The molecular weight excluding hydrogens is 474 g/mol. The zero-order valence-electron chi connectivity index (χ0n) is 20.8. The van der Waals surface area contributed by atoms with Crippen LogP contribution in [0.15, 0.2) is 71.6 Å². The van der Waals surface area contributed by atoms with Crippen LogP contribution in [-0.2, 0) is 25.8 Å². The number of aryl methyl sites for hydroxylation is 3. The van der Waals surface area contributed by atoms with E-state index in [-0.39, 0.29) is 31.0 Å². The lowest BCUT2D eigenvalue weighted by atomic mass is 9.98. The average molecular weight is 508 g/mol. The molecule has 0 atom stereocenters. The number of sulfone groups is 1. The Hall–Kier alpha value is -3.16. The van der Waals surface area contributed by atoms with Crippen LogP contribution in [0, 0.1) is 13.8 Å². The average Bonchev–Trinajstić information content (AvgIpc) is 2.89. The molecule has 1 heterocycles. The Labute approximate surface area is 213 Å². The predicted octanol–water partition coefficient (Wildman–Crippen LogP) is 4.79. The Bertz CT molecular complexity index is 1330. The summed E-state index contributed by atoms with van der Waals surface area (Å²) in [5, 5.41) is 0. The Morgan fingerprint density at radius 1 is 0.944 bits per heavy atom. The molecule has 0 spiro atoms. The lowest BCUT2D eigenvalue weighted by molar-refractivity contribution is -0.122. The molecule has 0 aromatic heterocycles. The van der Waals surface area contributed by atoms with Gasteiger partial charge in [-0.05, 0) is 91.6 Å². The number of rotatable bonds is 9. The molecule has 190 valence electrons. The van der Waals surface area contributed by atoms with Crippen LogP contribution in [0.25, 0.3) is 11.1 Å². The van der Waals surface area contributed by atoms with Gasteiger partial charge in [-0.2, -0.15) is 0 Å². The second-order valence-corrected chi connectivity index (χ2v) is 11.7. The summed E-state index contributed by atoms with van der Waals surface area (Å²) in [5.41, 5.74) is 11.8. The van der Waals surface area contributed by atoms with E-state index in [0.29, 0.717) is 12.4 Å². The Balaban J connectivity index is 1.35. The normalized spacial score (nSPS) is 15.4. The predicted molar refractivity (Wildman–Crippen MR) is 141 cm³/mol. The summed E-state index contributed by atoms with van der Waals surface area (Å²) in [7, 11) is -3.94. The van der Waals surface area contributed by atoms with Crippen LogP contribution in [0.3, 0.4) is 0 Å². The number of nitrogens with two attached hydrogens (primary N) is 1. The van der Waals surface area contributed by atoms with E-state index in [4.69, 9.17) is 15.2 Å². The van der Waals surface area contributed by atoms with E-state index in [1.165, 1.54) is 39.9 Å². The van der Waals surface area contributed by atoms with E-state index in [9.17, 15) is 13.2 Å². The van der Waals surface area contributed by atoms with Crippen LogP contribution in [0.5, 0.6) is 5.75 Å². The van der Waals surface area contributed by atoms with E-state index in [1.807, 2.05) is 0 Å². The minimum atomic E-state index is -3.94. The van der Waals surface area contributed by atoms with Gasteiger partial charge >= 0.3 is 0 Å². The van der Waals surface area contributed by atoms with Crippen LogP contribution in [-0.4, -0.2) is 38.9 Å². The number of ether oxygens (including phenoxy) is 2. The molecule has 0 bridgehead atoms. The first-order valence-electron chi connectivity index (χ1n) is 12.2. The van der Waals surface area contributed by atoms with Gasteiger partial charge in [0.2, 0.25) is 5.91 Å². The maximum atomic E-state index is 13.2. The summed E-state index contributed by atoms with van der Waals surface area (Å²) in [6.45, 7) is 5.13. The third kappa shape index (κ3) is 5.32. The molecule has 0 saturated carbocycles. The number of benzene rings is 3. The standard InChI is InChI=1S/C29H33NO5S/c1-21-8-9-25(19-22(21)2)24-7-3-5-23(20-24)6-4-16-35-26-10-12-27(13-11-26)36(32,33)29(28(30)31)14-17-34-18-15-29/h3,5,7-13,19-20H,4,6,14-18H2,1-2H3,(H2,30,31). The highest BCUT2D eigenvalue weighted by Crippen LogP contribution is 2.35. The number of amides is 1. The van der Waals surface area contributed by atoms with Crippen molar-refractivity contribution in [1.29, 1.82) is 0 Å². The molecule has 3 aromatic carbocycles. The minimum absolute atomic E-state index is 0.0631. The maximum Gasteiger partial charge on any atom is 0.239 e. The van der Waals surface area contributed by atoms with Crippen LogP contribution in [0.1, 0.15) is 36.0 Å². The number of carbonyl (C=O) groups is 1. The molecule has 1 amide bonds. The van der Waals surface area contributed by atoms with E-state index >= 15 is 0 Å². The molecule has 1 saturated heterocycles. The van der Waals surface area contributed by atoms with Crippen LogP contribution < -0.4 is 10.5 Å². The van der Waals surface area contributed by atoms with Gasteiger partial charge in [0.1, 0.15) is 5.75 Å². The summed E-state index contributed by atoms with van der Waals surface area (Å²) in [5.74, 6) is -0.245. The van der Waals surface area contributed by atoms with Gasteiger partial charge in [0.15, 0.2) is 14.6 Å². The van der Waals surface area contributed by atoms with Crippen molar-refractivity contribution in [2.24, 2.45) is 5.73 Å². The monoisotopic (exact) mass is 507 g/mol. The Morgan fingerprint density at radius 3 is 2.31 bits per heavy atom. The lowest BCUT2D eigenvalue weighted by Crippen LogP contribution is -2.53. The number of primary amides is 1. The van der Waals surface area contributed by atoms with E-state index in [0.717, 1.165) is 12.8 Å². The summed E-state index contributed by atoms with van der Waals surface area (Å²) in [6, 6.07) is 21.3.